The highest BCUT2D eigenvalue weighted by molar-refractivity contribution is 5.85. The van der Waals surface area contributed by atoms with Crippen LogP contribution in [0.1, 0.15) is 31.7 Å². The van der Waals surface area contributed by atoms with Crippen LogP contribution in [0.3, 0.4) is 0 Å². The fourth-order valence-corrected chi connectivity index (χ4v) is 2.62. The van der Waals surface area contributed by atoms with Crippen molar-refractivity contribution in [3.05, 3.63) is 23.8 Å². The normalized spacial score (nSPS) is 21.7. The van der Waals surface area contributed by atoms with E-state index in [1.54, 1.807) is 14.2 Å². The Morgan fingerprint density at radius 1 is 1.29 bits per heavy atom. The molecule has 1 amide bonds. The fourth-order valence-electron chi connectivity index (χ4n) is 2.62. The summed E-state index contributed by atoms with van der Waals surface area (Å²) in [5.74, 6) is 1.41. The van der Waals surface area contributed by atoms with E-state index in [1.165, 1.54) is 0 Å². The van der Waals surface area contributed by atoms with E-state index < -0.39 is 5.54 Å². The smallest absolute Gasteiger partial charge is 0.240 e. The van der Waals surface area contributed by atoms with Gasteiger partial charge in [0.25, 0.3) is 0 Å². The molecule has 0 saturated carbocycles. The fraction of sp³-hybridized carbons (Fsp3) is 0.562. The summed E-state index contributed by atoms with van der Waals surface area (Å²) in [7, 11) is 3.21. The minimum absolute atomic E-state index is 0.0528. The molecule has 2 N–H and O–H groups in total. The van der Waals surface area contributed by atoms with Crippen LogP contribution in [0.25, 0.3) is 0 Å². The van der Waals surface area contributed by atoms with Crippen LogP contribution in [0.5, 0.6) is 11.5 Å². The maximum atomic E-state index is 12.3. The average Bonchev–Trinajstić information content (AvgIpc) is 2.52. The second kappa shape index (κ2) is 6.80. The van der Waals surface area contributed by atoms with Gasteiger partial charge in [0.05, 0.1) is 19.8 Å². The van der Waals surface area contributed by atoms with Crippen molar-refractivity contribution in [1.82, 2.24) is 10.6 Å². The Bertz CT molecular complexity index is 496. The quantitative estimate of drug-likeness (QED) is 0.869. The van der Waals surface area contributed by atoms with Gasteiger partial charge >= 0.3 is 0 Å². The van der Waals surface area contributed by atoms with E-state index in [4.69, 9.17) is 9.47 Å². The van der Waals surface area contributed by atoms with Crippen LogP contribution in [0.15, 0.2) is 18.2 Å². The molecule has 0 radical (unpaired) electrons. The SMILES string of the molecule is COc1ccc(CNC(=O)C2(C)CCCCN2)cc1OC. The number of hydrogen-bond donors (Lipinski definition) is 2. The molecule has 0 aliphatic carbocycles. The number of methoxy groups -OCH3 is 2. The molecule has 1 unspecified atom stereocenters. The van der Waals surface area contributed by atoms with Gasteiger partial charge in [-0.1, -0.05) is 6.07 Å². The maximum absolute atomic E-state index is 12.3. The largest absolute Gasteiger partial charge is 0.493 e. The summed E-state index contributed by atoms with van der Waals surface area (Å²) in [4.78, 5) is 12.3. The van der Waals surface area contributed by atoms with Gasteiger partial charge < -0.3 is 20.1 Å². The third-order valence-corrected chi connectivity index (χ3v) is 4.02. The van der Waals surface area contributed by atoms with Gasteiger partial charge in [-0.25, -0.2) is 0 Å². The number of piperidine rings is 1. The summed E-state index contributed by atoms with van der Waals surface area (Å²) in [5, 5.41) is 6.32. The van der Waals surface area contributed by atoms with Crippen LogP contribution in [0.2, 0.25) is 0 Å². The van der Waals surface area contributed by atoms with Gasteiger partial charge in [-0.2, -0.15) is 0 Å². The van der Waals surface area contributed by atoms with Crippen molar-refractivity contribution in [3.63, 3.8) is 0 Å². The molecule has 1 aliphatic rings. The third-order valence-electron chi connectivity index (χ3n) is 4.02. The van der Waals surface area contributed by atoms with Crippen LogP contribution in [-0.2, 0) is 11.3 Å². The van der Waals surface area contributed by atoms with Crippen molar-refractivity contribution in [2.75, 3.05) is 20.8 Å². The van der Waals surface area contributed by atoms with Gasteiger partial charge in [-0.05, 0) is 50.4 Å². The number of carbonyl (C=O) groups excluding carboxylic acids is 1. The summed E-state index contributed by atoms with van der Waals surface area (Å²) in [5.41, 5.74) is 0.537. The second-order valence-corrected chi connectivity index (χ2v) is 5.59. The molecule has 1 atom stereocenters. The zero-order valence-electron chi connectivity index (χ0n) is 13.0. The molecule has 5 heteroatoms. The van der Waals surface area contributed by atoms with Crippen molar-refractivity contribution in [3.8, 4) is 11.5 Å². The van der Waals surface area contributed by atoms with Crippen molar-refractivity contribution < 1.29 is 14.3 Å². The molecule has 1 heterocycles. The predicted molar refractivity (Wildman–Crippen MR) is 81.7 cm³/mol. The van der Waals surface area contributed by atoms with E-state index in [0.29, 0.717) is 18.0 Å². The van der Waals surface area contributed by atoms with Crippen molar-refractivity contribution in [2.45, 2.75) is 38.3 Å². The van der Waals surface area contributed by atoms with Gasteiger partial charge in [-0.15, -0.1) is 0 Å². The summed E-state index contributed by atoms with van der Waals surface area (Å²) in [6.07, 6.45) is 3.11. The Morgan fingerprint density at radius 3 is 2.67 bits per heavy atom. The van der Waals surface area contributed by atoms with E-state index in [9.17, 15) is 4.79 Å². The molecule has 1 aromatic carbocycles. The topological polar surface area (TPSA) is 59.6 Å². The molecule has 0 bridgehead atoms. The van der Waals surface area contributed by atoms with E-state index in [1.807, 2.05) is 25.1 Å². The molecule has 0 spiro atoms. The van der Waals surface area contributed by atoms with Crippen molar-refractivity contribution in [2.24, 2.45) is 0 Å². The van der Waals surface area contributed by atoms with E-state index in [2.05, 4.69) is 10.6 Å². The first kappa shape index (κ1) is 15.6. The molecule has 1 aliphatic heterocycles. The van der Waals surface area contributed by atoms with Gasteiger partial charge in [0, 0.05) is 6.54 Å². The highest BCUT2D eigenvalue weighted by Gasteiger charge is 2.33. The first-order valence-electron chi connectivity index (χ1n) is 7.33. The lowest BCUT2D eigenvalue weighted by molar-refractivity contribution is -0.128. The maximum Gasteiger partial charge on any atom is 0.240 e. The predicted octanol–water partition coefficient (Wildman–Crippen LogP) is 1.85. The van der Waals surface area contributed by atoms with E-state index in [-0.39, 0.29) is 5.91 Å². The van der Waals surface area contributed by atoms with Gasteiger partial charge in [0.15, 0.2) is 11.5 Å². The number of hydrogen-bond acceptors (Lipinski definition) is 4. The number of ether oxygens (including phenoxy) is 2. The molecule has 1 saturated heterocycles. The molecule has 1 fully saturated rings. The van der Waals surface area contributed by atoms with Crippen molar-refractivity contribution in [1.29, 1.82) is 0 Å². The molecule has 21 heavy (non-hydrogen) atoms. The molecule has 1 aromatic rings. The minimum Gasteiger partial charge on any atom is -0.493 e. The number of amides is 1. The Morgan fingerprint density at radius 2 is 2.05 bits per heavy atom. The zero-order chi connectivity index (χ0) is 15.3. The summed E-state index contributed by atoms with van der Waals surface area (Å²) < 4.78 is 10.5. The Labute approximate surface area is 126 Å². The lowest BCUT2D eigenvalue weighted by Gasteiger charge is -2.33. The molecule has 2 rings (SSSR count). The van der Waals surface area contributed by atoms with Gasteiger partial charge in [0.1, 0.15) is 0 Å². The number of benzene rings is 1. The monoisotopic (exact) mass is 292 g/mol. The Balaban J connectivity index is 1.97. The highest BCUT2D eigenvalue weighted by atomic mass is 16.5. The standard InChI is InChI=1S/C16H24N2O3/c1-16(8-4-5-9-18-16)15(19)17-11-12-6-7-13(20-2)14(10-12)21-3/h6-7,10,18H,4-5,8-9,11H2,1-3H3,(H,17,19). The van der Waals surface area contributed by atoms with Gasteiger partial charge in [0.2, 0.25) is 5.91 Å². The van der Waals surface area contributed by atoms with Crippen LogP contribution in [0.4, 0.5) is 0 Å². The van der Waals surface area contributed by atoms with E-state index in [0.717, 1.165) is 31.4 Å². The van der Waals surface area contributed by atoms with Crippen LogP contribution in [-0.4, -0.2) is 32.2 Å². The molecule has 5 nitrogen and oxygen atoms in total. The molecular formula is C16H24N2O3. The second-order valence-electron chi connectivity index (χ2n) is 5.59. The van der Waals surface area contributed by atoms with Gasteiger partial charge in [-0.3, -0.25) is 4.79 Å². The lowest BCUT2D eigenvalue weighted by Crippen LogP contribution is -2.56. The summed E-state index contributed by atoms with van der Waals surface area (Å²) in [6.45, 7) is 3.35. The number of nitrogens with one attached hydrogen (secondary N) is 2. The van der Waals surface area contributed by atoms with Crippen LogP contribution in [0, 0.1) is 0 Å². The van der Waals surface area contributed by atoms with Crippen LogP contribution < -0.4 is 20.1 Å². The number of carbonyl (C=O) groups is 1. The molecule has 0 aromatic heterocycles. The summed E-state index contributed by atoms with van der Waals surface area (Å²) in [6, 6.07) is 5.66. The lowest BCUT2D eigenvalue weighted by atomic mass is 9.90. The first-order chi connectivity index (χ1) is 10.1. The average molecular weight is 292 g/mol. The number of rotatable bonds is 5. The zero-order valence-corrected chi connectivity index (χ0v) is 13.0. The highest BCUT2D eigenvalue weighted by Crippen LogP contribution is 2.27. The third kappa shape index (κ3) is 3.67. The van der Waals surface area contributed by atoms with E-state index >= 15 is 0 Å². The summed E-state index contributed by atoms with van der Waals surface area (Å²) >= 11 is 0. The van der Waals surface area contributed by atoms with Crippen LogP contribution >= 0.6 is 0 Å². The minimum atomic E-state index is -0.450. The Hall–Kier alpha value is -1.75. The molecular weight excluding hydrogens is 268 g/mol. The Kier molecular flexibility index (Phi) is 5.07. The first-order valence-corrected chi connectivity index (χ1v) is 7.33. The molecule has 116 valence electrons. The van der Waals surface area contributed by atoms with Crippen molar-refractivity contribution >= 4 is 5.91 Å².